The van der Waals surface area contributed by atoms with E-state index in [-0.39, 0.29) is 0 Å². The number of rotatable bonds is 3. The van der Waals surface area contributed by atoms with E-state index in [1.54, 1.807) is 0 Å². The third kappa shape index (κ3) is 2.66. The maximum atomic E-state index is 11.9. The number of anilines is 1. The molecule has 0 bridgehead atoms. The summed E-state index contributed by atoms with van der Waals surface area (Å²) in [5.41, 5.74) is 1.74. The topological polar surface area (TPSA) is 49.3 Å². The molecule has 0 radical (unpaired) electrons. The van der Waals surface area contributed by atoms with Crippen molar-refractivity contribution < 1.29 is 9.90 Å². The van der Waals surface area contributed by atoms with Gasteiger partial charge in [-0.1, -0.05) is 31.0 Å². The van der Waals surface area contributed by atoms with E-state index in [0.717, 1.165) is 36.9 Å². The molecule has 0 atom stereocenters. The molecule has 2 aliphatic carbocycles. The highest BCUT2D eigenvalue weighted by molar-refractivity contribution is 5.83. The van der Waals surface area contributed by atoms with Gasteiger partial charge in [-0.15, -0.1) is 0 Å². The highest BCUT2D eigenvalue weighted by atomic mass is 16.4. The number of hydrogen-bond acceptors (Lipinski definition) is 2. The summed E-state index contributed by atoms with van der Waals surface area (Å²) in [5.74, 6) is -0.696. The van der Waals surface area contributed by atoms with Gasteiger partial charge in [-0.05, 0) is 62.5 Å². The van der Waals surface area contributed by atoms with Crippen LogP contribution in [0.3, 0.4) is 0 Å². The van der Waals surface area contributed by atoms with E-state index in [2.05, 4.69) is 5.32 Å². The van der Waals surface area contributed by atoms with Gasteiger partial charge in [-0.3, -0.25) is 0 Å². The Balaban J connectivity index is 1.79. The Hall–Kier alpha value is -1.51. The van der Waals surface area contributed by atoms with Gasteiger partial charge in [0, 0.05) is 5.69 Å². The first-order valence-electron chi connectivity index (χ1n) is 8.13. The molecule has 0 saturated heterocycles. The van der Waals surface area contributed by atoms with Crippen molar-refractivity contribution >= 4 is 11.7 Å². The lowest BCUT2D eigenvalue weighted by Gasteiger charge is -2.43. The third-order valence-corrected chi connectivity index (χ3v) is 5.76. The third-order valence-electron chi connectivity index (χ3n) is 5.76. The molecule has 1 spiro atoms. The molecule has 1 aromatic rings. The van der Waals surface area contributed by atoms with Crippen LogP contribution < -0.4 is 5.32 Å². The van der Waals surface area contributed by atoms with Crippen molar-refractivity contribution in [2.45, 2.75) is 63.8 Å². The second kappa shape index (κ2) is 5.36. The lowest BCUT2D eigenvalue weighted by molar-refractivity contribution is -0.144. The van der Waals surface area contributed by atoms with Crippen LogP contribution in [-0.4, -0.2) is 16.6 Å². The molecule has 2 N–H and O–H groups in total. The lowest BCUT2D eigenvalue weighted by atomic mass is 9.66. The molecule has 0 aliphatic heterocycles. The van der Waals surface area contributed by atoms with Crippen molar-refractivity contribution in [1.29, 1.82) is 0 Å². The van der Waals surface area contributed by atoms with Gasteiger partial charge in [0.2, 0.25) is 0 Å². The largest absolute Gasteiger partial charge is 0.480 e. The molecule has 0 unspecified atom stereocenters. The van der Waals surface area contributed by atoms with Gasteiger partial charge in [0.05, 0.1) is 0 Å². The molecule has 2 saturated carbocycles. The SMILES string of the molecule is Cc1ccccc1NC1(C(=O)O)CCC2(CCCC2)CC1. The first-order chi connectivity index (χ1) is 10.1. The number of carboxylic acid groups (broad SMARTS) is 1. The fourth-order valence-electron chi connectivity index (χ4n) is 4.20. The van der Waals surface area contributed by atoms with E-state index < -0.39 is 11.5 Å². The van der Waals surface area contributed by atoms with E-state index in [9.17, 15) is 9.90 Å². The number of hydrogen-bond donors (Lipinski definition) is 2. The maximum Gasteiger partial charge on any atom is 0.329 e. The first-order valence-corrected chi connectivity index (χ1v) is 8.13. The van der Waals surface area contributed by atoms with Crippen molar-refractivity contribution in [3.8, 4) is 0 Å². The van der Waals surface area contributed by atoms with E-state index in [4.69, 9.17) is 0 Å². The maximum absolute atomic E-state index is 11.9. The zero-order chi connectivity index (χ0) is 14.9. The van der Waals surface area contributed by atoms with Crippen LogP contribution in [0, 0.1) is 12.3 Å². The van der Waals surface area contributed by atoms with Crippen LogP contribution >= 0.6 is 0 Å². The standard InChI is InChI=1S/C18H25NO2/c1-14-6-2-3-7-15(14)19-18(16(20)21)12-10-17(11-13-18)8-4-5-9-17/h2-3,6-7,19H,4-5,8-13H2,1H3,(H,20,21). The summed E-state index contributed by atoms with van der Waals surface area (Å²) in [4.78, 5) is 11.9. The highest BCUT2D eigenvalue weighted by Gasteiger charge is 2.48. The fourth-order valence-corrected chi connectivity index (χ4v) is 4.20. The van der Waals surface area contributed by atoms with E-state index in [1.807, 2.05) is 31.2 Å². The molecule has 2 aliphatic rings. The highest BCUT2D eigenvalue weighted by Crippen LogP contribution is 2.51. The summed E-state index contributed by atoms with van der Waals surface area (Å²) in [6, 6.07) is 7.97. The molecular weight excluding hydrogens is 262 g/mol. The predicted octanol–water partition coefficient (Wildman–Crippen LogP) is 4.36. The number of carbonyl (C=O) groups is 1. The van der Waals surface area contributed by atoms with Gasteiger partial charge in [-0.2, -0.15) is 0 Å². The average Bonchev–Trinajstić information content (AvgIpc) is 2.93. The predicted molar refractivity (Wildman–Crippen MR) is 84.5 cm³/mol. The molecule has 0 aromatic heterocycles. The number of para-hydroxylation sites is 1. The summed E-state index contributed by atoms with van der Waals surface area (Å²) < 4.78 is 0. The van der Waals surface area contributed by atoms with E-state index in [0.29, 0.717) is 5.41 Å². The molecule has 0 heterocycles. The Kier molecular flexibility index (Phi) is 3.68. The summed E-state index contributed by atoms with van der Waals surface area (Å²) in [6.45, 7) is 2.03. The summed E-state index contributed by atoms with van der Waals surface area (Å²) in [6.07, 6.45) is 8.85. The first kappa shape index (κ1) is 14.4. The van der Waals surface area contributed by atoms with Crippen molar-refractivity contribution in [3.05, 3.63) is 29.8 Å². The molecule has 3 rings (SSSR count). The number of carboxylic acids is 1. The summed E-state index contributed by atoms with van der Waals surface area (Å²) in [7, 11) is 0. The summed E-state index contributed by atoms with van der Waals surface area (Å²) in [5, 5.41) is 13.2. The van der Waals surface area contributed by atoms with Gasteiger partial charge < -0.3 is 10.4 Å². The normalized spacial score (nSPS) is 23.1. The molecule has 114 valence electrons. The number of aliphatic carboxylic acids is 1. The van der Waals surface area contributed by atoms with Crippen LogP contribution in [-0.2, 0) is 4.79 Å². The van der Waals surface area contributed by atoms with Crippen LogP contribution in [0.25, 0.3) is 0 Å². The smallest absolute Gasteiger partial charge is 0.329 e. The lowest BCUT2D eigenvalue weighted by Crippen LogP contribution is -2.50. The van der Waals surface area contributed by atoms with Crippen LogP contribution in [0.4, 0.5) is 5.69 Å². The second-order valence-electron chi connectivity index (χ2n) is 7.03. The Morgan fingerprint density at radius 1 is 1.05 bits per heavy atom. The average molecular weight is 287 g/mol. The molecule has 3 nitrogen and oxygen atoms in total. The quantitative estimate of drug-likeness (QED) is 0.868. The van der Waals surface area contributed by atoms with Crippen molar-refractivity contribution in [2.75, 3.05) is 5.32 Å². The van der Waals surface area contributed by atoms with Crippen molar-refractivity contribution in [3.63, 3.8) is 0 Å². The van der Waals surface area contributed by atoms with Crippen molar-refractivity contribution in [1.82, 2.24) is 0 Å². The number of aryl methyl sites for hydroxylation is 1. The van der Waals surface area contributed by atoms with Gasteiger partial charge in [0.1, 0.15) is 5.54 Å². The van der Waals surface area contributed by atoms with E-state index >= 15 is 0 Å². The van der Waals surface area contributed by atoms with Crippen LogP contribution in [0.5, 0.6) is 0 Å². The Morgan fingerprint density at radius 2 is 1.67 bits per heavy atom. The minimum atomic E-state index is -0.778. The molecule has 2 fully saturated rings. The Morgan fingerprint density at radius 3 is 2.24 bits per heavy atom. The molecular formula is C18H25NO2. The van der Waals surface area contributed by atoms with Gasteiger partial charge in [0.25, 0.3) is 0 Å². The molecule has 21 heavy (non-hydrogen) atoms. The van der Waals surface area contributed by atoms with Gasteiger partial charge in [0.15, 0.2) is 0 Å². The van der Waals surface area contributed by atoms with Crippen molar-refractivity contribution in [2.24, 2.45) is 5.41 Å². The van der Waals surface area contributed by atoms with Gasteiger partial charge >= 0.3 is 5.97 Å². The zero-order valence-corrected chi connectivity index (χ0v) is 12.8. The van der Waals surface area contributed by atoms with Crippen LogP contribution in [0.15, 0.2) is 24.3 Å². The second-order valence-corrected chi connectivity index (χ2v) is 7.03. The van der Waals surface area contributed by atoms with Crippen LogP contribution in [0.1, 0.15) is 56.9 Å². The minimum Gasteiger partial charge on any atom is -0.480 e. The molecule has 0 amide bonds. The summed E-state index contributed by atoms with van der Waals surface area (Å²) >= 11 is 0. The van der Waals surface area contributed by atoms with Gasteiger partial charge in [-0.25, -0.2) is 4.79 Å². The minimum absolute atomic E-state index is 0.451. The molecule has 3 heteroatoms. The van der Waals surface area contributed by atoms with E-state index in [1.165, 1.54) is 25.7 Å². The number of nitrogens with one attached hydrogen (secondary N) is 1. The van der Waals surface area contributed by atoms with Crippen LogP contribution in [0.2, 0.25) is 0 Å². The Labute approximate surface area is 126 Å². The zero-order valence-electron chi connectivity index (χ0n) is 12.8. The number of benzene rings is 1. The fraction of sp³-hybridized carbons (Fsp3) is 0.611. The molecule has 1 aromatic carbocycles. The monoisotopic (exact) mass is 287 g/mol. The Bertz CT molecular complexity index is 522.